The molecular formula is C26H29ClN4O3. The number of ether oxygens (including phenoxy) is 2. The monoisotopic (exact) mass is 480 g/mol. The summed E-state index contributed by atoms with van der Waals surface area (Å²) in [5, 5.41) is 11.0. The molecule has 0 aliphatic heterocycles. The van der Waals surface area contributed by atoms with E-state index < -0.39 is 11.6 Å². The van der Waals surface area contributed by atoms with Gasteiger partial charge in [0.2, 0.25) is 0 Å². The molecule has 0 saturated heterocycles. The van der Waals surface area contributed by atoms with E-state index in [1.807, 2.05) is 52.8 Å². The first-order chi connectivity index (χ1) is 16.4. The zero-order chi connectivity index (χ0) is 24.3. The quantitative estimate of drug-likeness (QED) is 0.297. The lowest BCUT2D eigenvalue weighted by molar-refractivity contribution is -0.169. The van der Waals surface area contributed by atoms with Crippen molar-refractivity contribution in [3.63, 3.8) is 0 Å². The normalized spacial score (nSPS) is 13.2. The van der Waals surface area contributed by atoms with Crippen LogP contribution in [0.4, 0.5) is 0 Å². The average molecular weight is 481 g/mol. The first-order valence-corrected chi connectivity index (χ1v) is 11.7. The van der Waals surface area contributed by atoms with Gasteiger partial charge in [-0.25, -0.2) is 4.79 Å². The number of benzene rings is 2. The van der Waals surface area contributed by atoms with Gasteiger partial charge in [0.05, 0.1) is 43.4 Å². The minimum Gasteiger partial charge on any atom is -0.467 e. The third-order valence-electron chi connectivity index (χ3n) is 6.18. The van der Waals surface area contributed by atoms with Gasteiger partial charge in [0.15, 0.2) is 5.60 Å². The van der Waals surface area contributed by atoms with E-state index in [-0.39, 0.29) is 6.61 Å². The molecule has 0 fully saturated rings. The first-order valence-electron chi connectivity index (χ1n) is 11.4. The Balaban J connectivity index is 1.73. The first kappa shape index (κ1) is 24.0. The van der Waals surface area contributed by atoms with E-state index in [0.717, 1.165) is 40.0 Å². The van der Waals surface area contributed by atoms with Crippen LogP contribution in [0.3, 0.4) is 0 Å². The lowest BCUT2D eigenvalue weighted by Crippen LogP contribution is -2.38. The molecule has 178 valence electrons. The van der Waals surface area contributed by atoms with Crippen LogP contribution in [0.1, 0.15) is 38.4 Å². The molecule has 34 heavy (non-hydrogen) atoms. The topological polar surface area (TPSA) is 71.2 Å². The molecule has 2 heterocycles. The van der Waals surface area contributed by atoms with Gasteiger partial charge in [0.1, 0.15) is 0 Å². The predicted octanol–water partition coefficient (Wildman–Crippen LogP) is 5.48. The van der Waals surface area contributed by atoms with E-state index in [9.17, 15) is 4.79 Å². The van der Waals surface area contributed by atoms with Crippen molar-refractivity contribution in [2.24, 2.45) is 0 Å². The van der Waals surface area contributed by atoms with Gasteiger partial charge in [-0.3, -0.25) is 9.36 Å². The number of nitrogens with zero attached hydrogens (tertiary/aromatic N) is 4. The molecule has 0 spiro atoms. The van der Waals surface area contributed by atoms with Crippen LogP contribution < -0.4 is 0 Å². The summed E-state index contributed by atoms with van der Waals surface area (Å²) < 4.78 is 14.8. The summed E-state index contributed by atoms with van der Waals surface area (Å²) in [5.74, 6) is -0.399. The van der Waals surface area contributed by atoms with Crippen molar-refractivity contribution in [3.05, 3.63) is 71.0 Å². The average Bonchev–Trinajstić information content (AvgIpc) is 3.46. The van der Waals surface area contributed by atoms with Gasteiger partial charge in [0.25, 0.3) is 0 Å². The summed E-state index contributed by atoms with van der Waals surface area (Å²) in [6, 6.07) is 16.0. The van der Waals surface area contributed by atoms with Crippen LogP contribution in [-0.4, -0.2) is 38.2 Å². The molecule has 4 aromatic rings. The van der Waals surface area contributed by atoms with E-state index >= 15 is 0 Å². The summed E-state index contributed by atoms with van der Waals surface area (Å²) in [5.41, 5.74) is 3.66. The van der Waals surface area contributed by atoms with Crippen molar-refractivity contribution in [1.82, 2.24) is 19.6 Å². The number of hydrogen-bond donors (Lipinski definition) is 0. The van der Waals surface area contributed by atoms with Crippen molar-refractivity contribution < 1.29 is 14.3 Å². The highest BCUT2D eigenvalue weighted by Gasteiger charge is 2.34. The third-order valence-corrected chi connectivity index (χ3v) is 6.55. The van der Waals surface area contributed by atoms with Crippen LogP contribution in [0.2, 0.25) is 5.02 Å². The van der Waals surface area contributed by atoms with Gasteiger partial charge in [-0.2, -0.15) is 10.2 Å². The Labute approximate surface area is 204 Å². The van der Waals surface area contributed by atoms with E-state index in [1.165, 1.54) is 7.11 Å². The minimum absolute atomic E-state index is 0.178. The molecule has 0 aliphatic carbocycles. The smallest absolute Gasteiger partial charge is 0.337 e. The highest BCUT2D eigenvalue weighted by atomic mass is 35.5. The Bertz CT molecular complexity index is 1310. The van der Waals surface area contributed by atoms with Gasteiger partial charge < -0.3 is 9.47 Å². The van der Waals surface area contributed by atoms with Gasteiger partial charge in [0, 0.05) is 22.5 Å². The highest BCUT2D eigenvalue weighted by Crippen LogP contribution is 2.28. The number of rotatable bonds is 9. The molecule has 0 aliphatic rings. The number of aromatic nitrogens is 4. The summed E-state index contributed by atoms with van der Waals surface area (Å²) in [6.45, 7) is 7.17. The molecule has 8 heteroatoms. The number of fused-ring (bicyclic) bond motifs is 1. The molecular weight excluding hydrogens is 452 g/mol. The number of carbonyl (C=O) groups excluding carboxylic acids is 1. The van der Waals surface area contributed by atoms with Gasteiger partial charge in [-0.1, -0.05) is 48.9 Å². The van der Waals surface area contributed by atoms with Crippen molar-refractivity contribution in [2.75, 3.05) is 7.11 Å². The van der Waals surface area contributed by atoms with Crippen LogP contribution in [0.5, 0.6) is 0 Å². The number of hydrogen-bond acceptors (Lipinski definition) is 5. The van der Waals surface area contributed by atoms with Crippen molar-refractivity contribution >= 4 is 28.5 Å². The Kier molecular flexibility index (Phi) is 7.05. The lowest BCUT2D eigenvalue weighted by atomic mass is 10.0. The molecule has 2 aromatic carbocycles. The molecule has 0 bridgehead atoms. The molecule has 2 aromatic heterocycles. The molecule has 7 nitrogen and oxygen atoms in total. The summed E-state index contributed by atoms with van der Waals surface area (Å²) in [6.07, 6.45) is 2.37. The Hall–Kier alpha value is -3.16. The summed E-state index contributed by atoms with van der Waals surface area (Å²) >= 11 is 6.44. The molecule has 0 N–H and O–H groups in total. The third kappa shape index (κ3) is 4.72. The van der Waals surface area contributed by atoms with E-state index in [1.54, 1.807) is 6.92 Å². The van der Waals surface area contributed by atoms with Gasteiger partial charge in [-0.15, -0.1) is 0 Å². The Morgan fingerprint density at radius 2 is 1.91 bits per heavy atom. The number of methoxy groups -OCH3 is 1. The molecule has 0 radical (unpaired) electrons. The second-order valence-electron chi connectivity index (χ2n) is 8.37. The Morgan fingerprint density at radius 1 is 1.12 bits per heavy atom. The molecule has 0 saturated carbocycles. The summed E-state index contributed by atoms with van der Waals surface area (Å²) in [7, 11) is 1.37. The van der Waals surface area contributed by atoms with Gasteiger partial charge in [-0.05, 0) is 44.0 Å². The maximum Gasteiger partial charge on any atom is 0.337 e. The Morgan fingerprint density at radius 3 is 2.62 bits per heavy atom. The molecule has 0 unspecified atom stereocenters. The largest absolute Gasteiger partial charge is 0.467 e. The van der Waals surface area contributed by atoms with E-state index in [0.29, 0.717) is 18.0 Å². The van der Waals surface area contributed by atoms with Crippen LogP contribution in [-0.2, 0) is 34.0 Å². The van der Waals surface area contributed by atoms with Crippen LogP contribution >= 0.6 is 11.6 Å². The lowest BCUT2D eigenvalue weighted by Gasteiger charge is -2.24. The number of carbonyl (C=O) groups is 1. The second-order valence-corrected chi connectivity index (χ2v) is 8.78. The van der Waals surface area contributed by atoms with Crippen LogP contribution in [0, 0.1) is 0 Å². The van der Waals surface area contributed by atoms with Crippen molar-refractivity contribution in [2.45, 2.75) is 52.5 Å². The van der Waals surface area contributed by atoms with Crippen LogP contribution in [0.25, 0.3) is 22.2 Å². The zero-order valence-corrected chi connectivity index (χ0v) is 20.7. The summed E-state index contributed by atoms with van der Waals surface area (Å²) in [4.78, 5) is 12.2. The molecule has 1 atom stereocenters. The van der Waals surface area contributed by atoms with E-state index in [4.69, 9.17) is 26.2 Å². The maximum absolute atomic E-state index is 12.2. The number of esters is 1. The fourth-order valence-electron chi connectivity index (χ4n) is 3.92. The minimum atomic E-state index is -1.03. The SMILES string of the molecule is CCn1ncc2ccc(-c3cc(CO[C@](C)(CC)C(=O)OC)nn3Cc3ccccc3Cl)cc21. The fourth-order valence-corrected chi connectivity index (χ4v) is 4.11. The van der Waals surface area contributed by atoms with E-state index in [2.05, 4.69) is 30.2 Å². The predicted molar refractivity (Wildman–Crippen MR) is 133 cm³/mol. The second kappa shape index (κ2) is 9.99. The number of aryl methyl sites for hydroxylation is 1. The fraction of sp³-hybridized carbons (Fsp3) is 0.346. The molecule has 4 rings (SSSR count). The molecule has 0 amide bonds. The number of halogens is 1. The van der Waals surface area contributed by atoms with Crippen molar-refractivity contribution in [3.8, 4) is 11.3 Å². The van der Waals surface area contributed by atoms with Crippen LogP contribution in [0.15, 0.2) is 54.7 Å². The zero-order valence-electron chi connectivity index (χ0n) is 19.9. The van der Waals surface area contributed by atoms with Gasteiger partial charge >= 0.3 is 5.97 Å². The van der Waals surface area contributed by atoms with Crippen molar-refractivity contribution in [1.29, 1.82) is 0 Å². The highest BCUT2D eigenvalue weighted by molar-refractivity contribution is 6.31. The maximum atomic E-state index is 12.2. The standard InChI is InChI=1S/C26H29ClN4O3/c1-5-26(3,25(32)33-4)34-17-21-14-24(31(29-21)16-20-9-7-8-10-22(20)27)18-11-12-19-15-28-30(6-2)23(19)13-18/h7-15H,5-6,16-17H2,1-4H3/t26-/m1/s1.